The van der Waals surface area contributed by atoms with Crippen LogP contribution in [0.4, 0.5) is 0 Å². The van der Waals surface area contributed by atoms with E-state index in [1.165, 1.54) is 11.1 Å². The van der Waals surface area contributed by atoms with Gasteiger partial charge in [0.1, 0.15) is 18.2 Å². The maximum atomic E-state index is 6.22. The summed E-state index contributed by atoms with van der Waals surface area (Å²) < 4.78 is 8.12. The lowest BCUT2D eigenvalue weighted by Crippen LogP contribution is -2.08. The van der Waals surface area contributed by atoms with Gasteiger partial charge in [-0.05, 0) is 42.8 Å². The fourth-order valence-electron chi connectivity index (χ4n) is 3.14. The van der Waals surface area contributed by atoms with Crippen molar-refractivity contribution in [2.45, 2.75) is 20.1 Å². The summed E-state index contributed by atoms with van der Waals surface area (Å²) in [6.07, 6.45) is 0. The topological polar surface area (TPSA) is 27.1 Å². The summed E-state index contributed by atoms with van der Waals surface area (Å²) in [5, 5.41) is 1.07. The van der Waals surface area contributed by atoms with Crippen molar-refractivity contribution in [3.05, 3.63) is 93.7 Å². The Morgan fingerprint density at radius 3 is 2.63 bits per heavy atom. The van der Waals surface area contributed by atoms with Gasteiger partial charge in [0, 0.05) is 11.6 Å². The maximum Gasteiger partial charge on any atom is 0.148 e. The van der Waals surface area contributed by atoms with Gasteiger partial charge < -0.3 is 9.30 Å². The van der Waals surface area contributed by atoms with Gasteiger partial charge in [-0.15, -0.1) is 0 Å². The molecular formula is C22H18Cl2N2O. The van der Waals surface area contributed by atoms with Crippen molar-refractivity contribution in [2.24, 2.45) is 0 Å². The maximum absolute atomic E-state index is 6.22. The molecule has 0 spiro atoms. The zero-order chi connectivity index (χ0) is 18.8. The lowest BCUT2D eigenvalue weighted by atomic mass is 10.1. The van der Waals surface area contributed by atoms with E-state index >= 15 is 0 Å². The zero-order valence-corrected chi connectivity index (χ0v) is 16.3. The third-order valence-corrected chi connectivity index (χ3v) is 4.94. The first-order valence-electron chi connectivity index (χ1n) is 8.68. The highest BCUT2D eigenvalue weighted by Crippen LogP contribution is 2.28. The quantitative estimate of drug-likeness (QED) is 0.396. The van der Waals surface area contributed by atoms with Crippen LogP contribution in [0, 0.1) is 6.92 Å². The molecule has 0 bridgehead atoms. The van der Waals surface area contributed by atoms with Crippen LogP contribution in [-0.2, 0) is 13.2 Å². The first-order chi connectivity index (χ1) is 13.1. The predicted octanol–water partition coefficient (Wildman–Crippen LogP) is 6.28. The van der Waals surface area contributed by atoms with Gasteiger partial charge in [0.25, 0.3) is 0 Å². The minimum absolute atomic E-state index is 0.321. The van der Waals surface area contributed by atoms with E-state index in [0.717, 1.165) is 23.4 Å². The number of hydrogen-bond acceptors (Lipinski definition) is 2. The molecule has 0 fully saturated rings. The Morgan fingerprint density at radius 1 is 0.963 bits per heavy atom. The molecule has 0 aliphatic heterocycles. The normalized spacial score (nSPS) is 11.1. The van der Waals surface area contributed by atoms with Crippen LogP contribution < -0.4 is 4.74 Å². The summed E-state index contributed by atoms with van der Waals surface area (Å²) in [7, 11) is 0. The molecule has 0 saturated heterocycles. The number of fused-ring (bicyclic) bond motifs is 1. The van der Waals surface area contributed by atoms with Crippen molar-refractivity contribution in [3.8, 4) is 5.75 Å². The van der Waals surface area contributed by atoms with Gasteiger partial charge in [-0.2, -0.15) is 0 Å². The number of aromatic nitrogens is 2. The minimum Gasteiger partial charge on any atom is -0.484 e. The molecular weight excluding hydrogens is 379 g/mol. The first-order valence-corrected chi connectivity index (χ1v) is 9.43. The second kappa shape index (κ2) is 7.63. The van der Waals surface area contributed by atoms with Crippen LogP contribution in [0.3, 0.4) is 0 Å². The van der Waals surface area contributed by atoms with E-state index < -0.39 is 0 Å². The largest absolute Gasteiger partial charge is 0.484 e. The summed E-state index contributed by atoms with van der Waals surface area (Å²) in [6.45, 7) is 3.15. The van der Waals surface area contributed by atoms with Gasteiger partial charge in [0.2, 0.25) is 0 Å². The molecule has 1 aromatic heterocycles. The van der Waals surface area contributed by atoms with E-state index in [1.807, 2.05) is 18.2 Å². The van der Waals surface area contributed by atoms with Crippen molar-refractivity contribution in [2.75, 3.05) is 0 Å². The number of ether oxygens (including phenoxy) is 1. The van der Waals surface area contributed by atoms with E-state index in [0.29, 0.717) is 22.4 Å². The number of hydrogen-bond donors (Lipinski definition) is 0. The monoisotopic (exact) mass is 396 g/mol. The Bertz CT molecular complexity index is 1100. The molecule has 0 N–H and O–H groups in total. The summed E-state index contributed by atoms with van der Waals surface area (Å²) in [4.78, 5) is 4.76. The van der Waals surface area contributed by atoms with E-state index in [4.69, 9.17) is 32.9 Å². The molecule has 4 rings (SSSR count). The van der Waals surface area contributed by atoms with Crippen molar-refractivity contribution in [1.82, 2.24) is 9.55 Å². The van der Waals surface area contributed by atoms with Crippen molar-refractivity contribution < 1.29 is 4.74 Å². The van der Waals surface area contributed by atoms with Gasteiger partial charge in [-0.3, -0.25) is 0 Å². The Hall–Kier alpha value is -2.49. The van der Waals surface area contributed by atoms with E-state index in [2.05, 4.69) is 41.8 Å². The molecule has 0 amide bonds. The van der Waals surface area contributed by atoms with Crippen LogP contribution >= 0.6 is 23.2 Å². The van der Waals surface area contributed by atoms with E-state index in [-0.39, 0.29) is 0 Å². The molecule has 5 heteroatoms. The van der Waals surface area contributed by atoms with Gasteiger partial charge in [0.15, 0.2) is 0 Å². The molecule has 0 saturated carbocycles. The molecule has 3 aromatic carbocycles. The Balaban J connectivity index is 1.67. The lowest BCUT2D eigenvalue weighted by Gasteiger charge is -2.12. The van der Waals surface area contributed by atoms with Crippen molar-refractivity contribution in [3.63, 3.8) is 0 Å². The van der Waals surface area contributed by atoms with Gasteiger partial charge in [0.05, 0.1) is 16.1 Å². The molecule has 0 radical (unpaired) electrons. The van der Waals surface area contributed by atoms with E-state index in [9.17, 15) is 0 Å². The smallest absolute Gasteiger partial charge is 0.148 e. The van der Waals surface area contributed by atoms with Crippen LogP contribution in [0.15, 0.2) is 66.7 Å². The molecule has 136 valence electrons. The van der Waals surface area contributed by atoms with Gasteiger partial charge in [-0.1, -0.05) is 65.2 Å². The van der Waals surface area contributed by atoms with Crippen molar-refractivity contribution >= 4 is 34.2 Å². The Morgan fingerprint density at radius 2 is 1.81 bits per heavy atom. The van der Waals surface area contributed by atoms with Gasteiger partial charge in [-0.25, -0.2) is 4.98 Å². The number of para-hydroxylation sites is 2. The third kappa shape index (κ3) is 3.95. The number of nitrogens with zero attached hydrogens (tertiary/aromatic N) is 2. The average molecular weight is 397 g/mol. The fourth-order valence-corrected chi connectivity index (χ4v) is 3.60. The molecule has 27 heavy (non-hydrogen) atoms. The number of halogens is 2. The minimum atomic E-state index is 0.321. The highest BCUT2D eigenvalue weighted by Gasteiger charge is 2.13. The zero-order valence-electron chi connectivity index (χ0n) is 14.8. The number of imidazole rings is 1. The summed E-state index contributed by atoms with van der Waals surface area (Å²) >= 11 is 12.2. The number of aryl methyl sites for hydroxylation is 1. The molecule has 0 unspecified atom stereocenters. The second-order valence-electron chi connectivity index (χ2n) is 6.46. The fraction of sp³-hybridized carbons (Fsp3) is 0.136. The molecule has 3 nitrogen and oxygen atoms in total. The lowest BCUT2D eigenvalue weighted by molar-refractivity contribution is 0.291. The van der Waals surface area contributed by atoms with Crippen LogP contribution in [0.25, 0.3) is 11.0 Å². The molecule has 0 aliphatic carbocycles. The highest BCUT2D eigenvalue weighted by atomic mass is 35.5. The van der Waals surface area contributed by atoms with Crippen LogP contribution in [-0.4, -0.2) is 9.55 Å². The predicted molar refractivity (Wildman–Crippen MR) is 111 cm³/mol. The van der Waals surface area contributed by atoms with Crippen LogP contribution in [0.1, 0.15) is 17.0 Å². The standard InChI is InChI=1S/C22H18Cl2N2O/c1-15-5-4-6-16(11-15)13-26-20-8-3-2-7-19(20)25-22(26)14-27-21-10-9-17(23)12-18(21)24/h2-12H,13-14H2,1H3. The highest BCUT2D eigenvalue weighted by molar-refractivity contribution is 6.35. The molecule has 0 atom stereocenters. The first kappa shape index (κ1) is 17.9. The van der Waals surface area contributed by atoms with E-state index in [1.54, 1.807) is 18.2 Å². The Labute approximate surface area is 168 Å². The number of rotatable bonds is 5. The van der Waals surface area contributed by atoms with Crippen LogP contribution in [0.5, 0.6) is 5.75 Å². The Kier molecular flexibility index (Phi) is 5.06. The average Bonchev–Trinajstić information content (AvgIpc) is 2.99. The second-order valence-corrected chi connectivity index (χ2v) is 7.30. The summed E-state index contributed by atoms with van der Waals surface area (Å²) in [5.41, 5.74) is 4.50. The molecule has 0 aliphatic rings. The van der Waals surface area contributed by atoms with Gasteiger partial charge >= 0.3 is 0 Å². The summed E-state index contributed by atoms with van der Waals surface area (Å²) in [6, 6.07) is 21.8. The molecule has 4 aromatic rings. The number of benzene rings is 3. The van der Waals surface area contributed by atoms with Crippen molar-refractivity contribution in [1.29, 1.82) is 0 Å². The third-order valence-electron chi connectivity index (χ3n) is 4.41. The summed E-state index contributed by atoms with van der Waals surface area (Å²) in [5.74, 6) is 1.44. The molecule has 1 heterocycles. The van der Waals surface area contributed by atoms with Crippen LogP contribution in [0.2, 0.25) is 10.0 Å². The SMILES string of the molecule is Cc1cccc(Cn2c(COc3ccc(Cl)cc3Cl)nc3ccccc32)c1.